The minimum atomic E-state index is -0.233. The Bertz CT molecular complexity index is 890. The number of carbonyl (C=O) groups excluding carboxylic acids is 1. The lowest BCUT2D eigenvalue weighted by molar-refractivity contribution is 0.0953. The fourth-order valence-corrected chi connectivity index (χ4v) is 2.78. The van der Waals surface area contributed by atoms with E-state index < -0.39 is 0 Å². The number of hydrogen-bond donors (Lipinski definition) is 1. The van der Waals surface area contributed by atoms with Gasteiger partial charge in [0.15, 0.2) is 17.3 Å². The summed E-state index contributed by atoms with van der Waals surface area (Å²) in [4.78, 5) is 12.6. The van der Waals surface area contributed by atoms with Crippen LogP contribution in [0.1, 0.15) is 21.1 Å². The lowest BCUT2D eigenvalue weighted by Gasteiger charge is -2.07. The molecule has 0 aliphatic heterocycles. The molecule has 0 bridgehead atoms. The zero-order valence-corrected chi connectivity index (χ0v) is 14.7. The molecule has 8 nitrogen and oxygen atoms in total. The predicted octanol–water partition coefficient (Wildman–Crippen LogP) is 2.45. The molecule has 0 spiro atoms. The summed E-state index contributed by atoms with van der Waals surface area (Å²) in [7, 11) is 3.15. The van der Waals surface area contributed by atoms with Crippen LogP contribution in [0.3, 0.4) is 0 Å². The van der Waals surface area contributed by atoms with E-state index in [9.17, 15) is 4.79 Å². The molecule has 0 saturated carbocycles. The molecule has 0 aliphatic rings. The van der Waals surface area contributed by atoms with Gasteiger partial charge in [0.25, 0.3) is 5.91 Å². The fraction of sp³-hybridized carbons (Fsp3) is 0.250. The molecule has 0 radical (unpaired) electrons. The molecule has 0 unspecified atom stereocenters. The van der Waals surface area contributed by atoms with Crippen molar-refractivity contribution in [2.24, 2.45) is 0 Å². The molecule has 3 rings (SSSR count). The molecule has 3 aromatic rings. The van der Waals surface area contributed by atoms with Gasteiger partial charge < -0.3 is 19.3 Å². The fourth-order valence-electron chi connectivity index (χ4n) is 2.21. The van der Waals surface area contributed by atoms with E-state index in [2.05, 4.69) is 20.1 Å². The van der Waals surface area contributed by atoms with Crippen molar-refractivity contribution in [3.63, 3.8) is 0 Å². The number of carbonyl (C=O) groups is 1. The lowest BCUT2D eigenvalue weighted by Crippen LogP contribution is -2.22. The standard InChI is InChI=1S/C16H16N4O4S/c1-9-15(25-20-18-9)16(21)17-8-11-7-13(24-19-11)10-4-5-12(22-2)14(6-10)23-3/h4-7H,8H2,1-3H3,(H,17,21). The Balaban J connectivity index is 1.70. The summed E-state index contributed by atoms with van der Waals surface area (Å²) in [5.41, 5.74) is 2.01. The van der Waals surface area contributed by atoms with Crippen LogP contribution in [0.15, 0.2) is 28.8 Å². The second kappa shape index (κ2) is 7.31. The minimum absolute atomic E-state index is 0.233. The summed E-state index contributed by atoms with van der Waals surface area (Å²) in [5, 5.41) is 10.6. The van der Waals surface area contributed by atoms with Gasteiger partial charge >= 0.3 is 0 Å². The second-order valence-electron chi connectivity index (χ2n) is 5.12. The lowest BCUT2D eigenvalue weighted by atomic mass is 10.1. The van der Waals surface area contributed by atoms with E-state index in [4.69, 9.17) is 14.0 Å². The highest BCUT2D eigenvalue weighted by Gasteiger charge is 2.15. The predicted molar refractivity (Wildman–Crippen MR) is 90.9 cm³/mol. The Kier molecular flexibility index (Phi) is 4.94. The van der Waals surface area contributed by atoms with Gasteiger partial charge in [0.05, 0.1) is 26.5 Å². The molecule has 0 saturated heterocycles. The number of hydrogen-bond acceptors (Lipinski definition) is 8. The Morgan fingerprint density at radius 2 is 2.04 bits per heavy atom. The molecular weight excluding hydrogens is 344 g/mol. The van der Waals surface area contributed by atoms with E-state index in [1.54, 1.807) is 39.3 Å². The van der Waals surface area contributed by atoms with Crippen molar-refractivity contribution >= 4 is 17.4 Å². The highest BCUT2D eigenvalue weighted by molar-refractivity contribution is 7.07. The summed E-state index contributed by atoms with van der Waals surface area (Å²) >= 11 is 1.06. The molecule has 1 N–H and O–H groups in total. The number of aryl methyl sites for hydroxylation is 1. The Morgan fingerprint density at radius 1 is 1.24 bits per heavy atom. The number of benzene rings is 1. The SMILES string of the molecule is COc1ccc(-c2cc(CNC(=O)c3snnc3C)no2)cc1OC. The van der Waals surface area contributed by atoms with Crippen molar-refractivity contribution in [1.82, 2.24) is 20.1 Å². The van der Waals surface area contributed by atoms with Gasteiger partial charge in [-0.15, -0.1) is 5.10 Å². The van der Waals surface area contributed by atoms with Gasteiger partial charge in [-0.2, -0.15) is 0 Å². The van der Waals surface area contributed by atoms with Crippen molar-refractivity contribution in [2.75, 3.05) is 14.2 Å². The van der Waals surface area contributed by atoms with Gasteiger partial charge in [0, 0.05) is 11.6 Å². The third-order valence-electron chi connectivity index (χ3n) is 3.51. The van der Waals surface area contributed by atoms with Crippen LogP contribution in [0.2, 0.25) is 0 Å². The smallest absolute Gasteiger partial charge is 0.265 e. The van der Waals surface area contributed by atoms with E-state index >= 15 is 0 Å². The van der Waals surface area contributed by atoms with Crippen molar-refractivity contribution in [3.05, 3.63) is 40.5 Å². The molecule has 9 heteroatoms. The highest BCUT2D eigenvalue weighted by Crippen LogP contribution is 2.32. The van der Waals surface area contributed by atoms with Crippen molar-refractivity contribution in [1.29, 1.82) is 0 Å². The molecule has 0 atom stereocenters. The van der Waals surface area contributed by atoms with Crippen LogP contribution in [0.25, 0.3) is 11.3 Å². The van der Waals surface area contributed by atoms with Gasteiger partial charge in [-0.3, -0.25) is 4.79 Å². The maximum Gasteiger partial charge on any atom is 0.265 e. The van der Waals surface area contributed by atoms with Crippen molar-refractivity contribution < 1.29 is 18.8 Å². The maximum atomic E-state index is 12.1. The number of amides is 1. The topological polar surface area (TPSA) is 99.4 Å². The first-order chi connectivity index (χ1) is 12.1. The van der Waals surface area contributed by atoms with Gasteiger partial charge in [-0.25, -0.2) is 0 Å². The number of ether oxygens (including phenoxy) is 2. The van der Waals surface area contributed by atoms with Crippen LogP contribution >= 0.6 is 11.5 Å². The van der Waals surface area contributed by atoms with Crippen molar-refractivity contribution in [3.8, 4) is 22.8 Å². The normalized spacial score (nSPS) is 10.5. The first-order valence-electron chi connectivity index (χ1n) is 7.37. The van der Waals surface area contributed by atoms with Crippen LogP contribution in [0.5, 0.6) is 11.5 Å². The minimum Gasteiger partial charge on any atom is -0.493 e. The van der Waals surface area contributed by atoms with Crippen molar-refractivity contribution in [2.45, 2.75) is 13.5 Å². The molecule has 2 heterocycles. The number of methoxy groups -OCH3 is 2. The van der Waals surface area contributed by atoms with Crippen LogP contribution < -0.4 is 14.8 Å². The van der Waals surface area contributed by atoms with Gasteiger partial charge in [0.2, 0.25) is 0 Å². The number of rotatable bonds is 6. The molecule has 0 fully saturated rings. The van der Waals surface area contributed by atoms with Gasteiger partial charge in [0.1, 0.15) is 10.6 Å². The van der Waals surface area contributed by atoms with Crippen LogP contribution in [0, 0.1) is 6.92 Å². The summed E-state index contributed by atoms with van der Waals surface area (Å²) < 4.78 is 19.6. The van der Waals surface area contributed by atoms with E-state index in [1.165, 1.54) is 0 Å². The number of nitrogens with zero attached hydrogens (tertiary/aromatic N) is 3. The third kappa shape index (κ3) is 3.61. The molecular formula is C16H16N4O4S. The quantitative estimate of drug-likeness (QED) is 0.721. The Hall–Kier alpha value is -2.94. The zero-order valence-electron chi connectivity index (χ0n) is 13.9. The molecule has 1 aromatic carbocycles. The third-order valence-corrected chi connectivity index (χ3v) is 4.34. The second-order valence-corrected chi connectivity index (χ2v) is 5.88. The van der Waals surface area contributed by atoms with Crippen LogP contribution in [-0.4, -0.2) is 34.9 Å². The first-order valence-corrected chi connectivity index (χ1v) is 8.15. The molecule has 2 aromatic heterocycles. The molecule has 130 valence electrons. The van der Waals surface area contributed by atoms with Gasteiger partial charge in [-0.1, -0.05) is 9.64 Å². The monoisotopic (exact) mass is 360 g/mol. The summed E-state index contributed by atoms with van der Waals surface area (Å²) in [5.74, 6) is 1.57. The number of nitrogens with one attached hydrogen (secondary N) is 1. The van der Waals surface area contributed by atoms with Crippen LogP contribution in [-0.2, 0) is 6.54 Å². The molecule has 25 heavy (non-hydrogen) atoms. The van der Waals surface area contributed by atoms with E-state index in [0.717, 1.165) is 17.1 Å². The largest absolute Gasteiger partial charge is 0.493 e. The average molecular weight is 360 g/mol. The Morgan fingerprint density at radius 3 is 2.72 bits per heavy atom. The van der Waals surface area contributed by atoms with E-state index in [1.807, 2.05) is 6.07 Å². The van der Waals surface area contributed by atoms with E-state index in [-0.39, 0.29) is 12.5 Å². The first kappa shape index (κ1) is 16.9. The van der Waals surface area contributed by atoms with Gasteiger partial charge in [-0.05, 0) is 36.7 Å². The average Bonchev–Trinajstić information content (AvgIpc) is 3.28. The summed E-state index contributed by atoms with van der Waals surface area (Å²) in [6.07, 6.45) is 0. The molecule has 0 aliphatic carbocycles. The summed E-state index contributed by atoms with van der Waals surface area (Å²) in [6, 6.07) is 7.20. The zero-order chi connectivity index (χ0) is 17.8. The van der Waals surface area contributed by atoms with E-state index in [0.29, 0.717) is 33.5 Å². The highest BCUT2D eigenvalue weighted by atomic mass is 32.1. The summed E-state index contributed by atoms with van der Waals surface area (Å²) in [6.45, 7) is 1.98. The number of aromatic nitrogens is 3. The Labute approximate surface area is 147 Å². The molecule has 1 amide bonds. The maximum absolute atomic E-state index is 12.1. The van der Waals surface area contributed by atoms with Crippen LogP contribution in [0.4, 0.5) is 0 Å².